The lowest BCUT2D eigenvalue weighted by molar-refractivity contribution is -0.331. The highest BCUT2D eigenvalue weighted by Crippen LogP contribution is 2.22. The molecule has 0 aromatic rings. The third-order valence-electron chi connectivity index (χ3n) is 3.30. The lowest BCUT2D eigenvalue weighted by Crippen LogP contribution is -2.62. The molecule has 7 atom stereocenters. The zero-order valence-corrected chi connectivity index (χ0v) is 12.6. The molecule has 24 heavy (non-hydrogen) atoms. The number of Topliss-reactive ketones (excluding diaryl/α,β-unsaturated/α-hetero) is 1. The van der Waals surface area contributed by atoms with Crippen molar-refractivity contribution in [3.63, 3.8) is 0 Å². The summed E-state index contributed by atoms with van der Waals surface area (Å²) < 4.78 is 4.56. The molecule has 1 fully saturated rings. The van der Waals surface area contributed by atoms with Crippen LogP contribution < -0.4 is 0 Å². The third-order valence-corrected chi connectivity index (χ3v) is 3.30. The molecule has 144 valence electrons. The van der Waals surface area contributed by atoms with Crippen LogP contribution in [0.1, 0.15) is 0 Å². The molecule has 0 bridgehead atoms. The monoisotopic (exact) mass is 360 g/mol. The van der Waals surface area contributed by atoms with Gasteiger partial charge in [0.25, 0.3) is 0 Å². The summed E-state index contributed by atoms with van der Waals surface area (Å²) in [7, 11) is 0. The lowest BCUT2D eigenvalue weighted by Gasteiger charge is -2.40. The van der Waals surface area contributed by atoms with Gasteiger partial charge in [-0.3, -0.25) is 4.79 Å². The first-order valence-corrected chi connectivity index (χ1v) is 6.85. The van der Waals surface area contributed by atoms with Crippen molar-refractivity contribution in [2.45, 2.75) is 42.4 Å². The first-order chi connectivity index (χ1) is 11.0. The Kier molecular flexibility index (Phi) is 9.94. The molecule has 0 radical (unpaired) electrons. The second-order valence-corrected chi connectivity index (χ2v) is 5.13. The van der Waals surface area contributed by atoms with E-state index in [-0.39, 0.29) is 6.61 Å². The Hall–Kier alpha value is -0.770. The van der Waals surface area contributed by atoms with E-state index in [0.717, 1.165) is 0 Å². The molecule has 12 nitrogen and oxygen atoms in total. The Labute approximate surface area is 136 Å². The quantitative estimate of drug-likeness (QED) is 0.213. The molecular formula is C12H24O12. The summed E-state index contributed by atoms with van der Waals surface area (Å²) in [5.74, 6) is -3.17. The van der Waals surface area contributed by atoms with Gasteiger partial charge in [-0.05, 0) is 0 Å². The number of ketones is 1. The van der Waals surface area contributed by atoms with E-state index >= 15 is 0 Å². The molecule has 10 N–H and O–H groups in total. The average Bonchev–Trinajstić information content (AvgIpc) is 2.61. The van der Waals surface area contributed by atoms with Gasteiger partial charge in [0.1, 0.15) is 43.2 Å². The molecule has 0 aromatic heterocycles. The van der Waals surface area contributed by atoms with Crippen LogP contribution in [0.3, 0.4) is 0 Å². The maximum absolute atomic E-state index is 10.5. The number of hydrogen-bond donors (Lipinski definition) is 10. The van der Waals surface area contributed by atoms with Gasteiger partial charge in [-0.15, -0.1) is 0 Å². The maximum Gasteiger partial charge on any atom is 0.218 e. The van der Waals surface area contributed by atoms with E-state index in [2.05, 4.69) is 4.74 Å². The second kappa shape index (κ2) is 10.3. The Morgan fingerprint density at radius 3 is 2.08 bits per heavy atom. The van der Waals surface area contributed by atoms with Crippen molar-refractivity contribution in [3.8, 4) is 0 Å². The molecule has 0 unspecified atom stereocenters. The summed E-state index contributed by atoms with van der Waals surface area (Å²) >= 11 is 0. The molecule has 1 heterocycles. The third kappa shape index (κ3) is 5.94. The predicted molar refractivity (Wildman–Crippen MR) is 73.2 cm³/mol. The van der Waals surface area contributed by atoms with Crippen molar-refractivity contribution in [1.82, 2.24) is 0 Å². The summed E-state index contributed by atoms with van der Waals surface area (Å²) in [6.45, 7) is -2.85. The molecule has 12 heteroatoms. The summed E-state index contributed by atoms with van der Waals surface area (Å²) in [6, 6.07) is 0. The van der Waals surface area contributed by atoms with Crippen molar-refractivity contribution < 1.29 is 60.6 Å². The zero-order valence-electron chi connectivity index (χ0n) is 12.6. The fraction of sp³-hybridized carbons (Fsp3) is 0.917. The lowest BCUT2D eigenvalue weighted by atomic mass is 9.98. The van der Waals surface area contributed by atoms with Crippen LogP contribution in [0.2, 0.25) is 0 Å². The highest BCUT2D eigenvalue weighted by Gasteiger charge is 2.47. The standard InChI is InChI=1S/2C6H12O6/c7-2-6(11)5(10)4(9)3(8)1-12-6;7-1-3(9)5(11)6(12)4(10)2-8/h3-5,7-11H,1-2H2;3,5-9,11-12H,1-2H2/t3-,4-,5+,6+;3-,5-,6+/m10/s1. The van der Waals surface area contributed by atoms with Crippen LogP contribution in [-0.4, -0.2) is 126 Å². The average molecular weight is 360 g/mol. The second-order valence-electron chi connectivity index (χ2n) is 5.13. The largest absolute Gasteiger partial charge is 0.394 e. The van der Waals surface area contributed by atoms with Crippen LogP contribution in [0.5, 0.6) is 0 Å². The molecule has 1 aliphatic heterocycles. The predicted octanol–water partition coefficient (Wildman–Crippen LogP) is -6.60. The normalized spacial score (nSPS) is 33.8. The minimum Gasteiger partial charge on any atom is -0.394 e. The van der Waals surface area contributed by atoms with Gasteiger partial charge in [0.15, 0.2) is 5.78 Å². The highest BCUT2D eigenvalue weighted by atomic mass is 16.7. The van der Waals surface area contributed by atoms with Gasteiger partial charge in [0.05, 0.1) is 19.8 Å². The van der Waals surface area contributed by atoms with Gasteiger partial charge in [-0.1, -0.05) is 0 Å². The fourth-order valence-corrected chi connectivity index (χ4v) is 1.63. The molecular weight excluding hydrogens is 336 g/mol. The van der Waals surface area contributed by atoms with E-state index in [0.29, 0.717) is 0 Å². The van der Waals surface area contributed by atoms with Crippen LogP contribution in [0.4, 0.5) is 0 Å². The van der Waals surface area contributed by atoms with Crippen LogP contribution in [-0.2, 0) is 9.53 Å². The summed E-state index contributed by atoms with van der Waals surface area (Å²) in [4.78, 5) is 10.5. The minimum absolute atomic E-state index is 0.324. The van der Waals surface area contributed by atoms with E-state index in [4.69, 9.17) is 46.0 Å². The molecule has 1 rings (SSSR count). The van der Waals surface area contributed by atoms with Crippen molar-refractivity contribution in [2.75, 3.05) is 26.4 Å². The number of rotatable bonds is 6. The van der Waals surface area contributed by atoms with Crippen LogP contribution in [0.25, 0.3) is 0 Å². The fourth-order valence-electron chi connectivity index (χ4n) is 1.63. The number of hydrogen-bond acceptors (Lipinski definition) is 12. The number of aliphatic hydroxyl groups excluding tert-OH is 9. The van der Waals surface area contributed by atoms with E-state index in [1.807, 2.05) is 0 Å². The Morgan fingerprint density at radius 2 is 1.67 bits per heavy atom. The summed E-state index contributed by atoms with van der Waals surface area (Å²) in [6.07, 6.45) is -9.67. The number of ether oxygens (including phenoxy) is 1. The van der Waals surface area contributed by atoms with E-state index in [1.165, 1.54) is 0 Å². The Bertz CT molecular complexity index is 379. The first-order valence-electron chi connectivity index (χ1n) is 6.85. The molecule has 0 amide bonds. The van der Waals surface area contributed by atoms with Crippen LogP contribution in [0, 0.1) is 0 Å². The maximum atomic E-state index is 10.5. The Balaban J connectivity index is 0.000000441. The topological polar surface area (TPSA) is 229 Å². The van der Waals surface area contributed by atoms with Gasteiger partial charge >= 0.3 is 0 Å². The molecule has 0 saturated carbocycles. The zero-order chi connectivity index (χ0) is 19.1. The van der Waals surface area contributed by atoms with Crippen molar-refractivity contribution in [1.29, 1.82) is 0 Å². The van der Waals surface area contributed by atoms with Crippen molar-refractivity contribution in [3.05, 3.63) is 0 Å². The summed E-state index contributed by atoms with van der Waals surface area (Å²) in [5, 5.41) is 88.0. The van der Waals surface area contributed by atoms with Gasteiger partial charge < -0.3 is 55.8 Å². The van der Waals surface area contributed by atoms with Gasteiger partial charge in [0, 0.05) is 0 Å². The van der Waals surface area contributed by atoms with E-state index < -0.39 is 68.0 Å². The highest BCUT2D eigenvalue weighted by molar-refractivity contribution is 5.84. The summed E-state index contributed by atoms with van der Waals surface area (Å²) in [5.41, 5.74) is 0. The first kappa shape index (κ1) is 23.2. The van der Waals surface area contributed by atoms with Crippen molar-refractivity contribution >= 4 is 5.78 Å². The minimum atomic E-state index is -2.17. The van der Waals surface area contributed by atoms with Crippen LogP contribution >= 0.6 is 0 Å². The molecule has 0 spiro atoms. The number of aliphatic hydroxyl groups is 10. The Morgan fingerprint density at radius 1 is 1.12 bits per heavy atom. The van der Waals surface area contributed by atoms with Crippen LogP contribution in [0.15, 0.2) is 0 Å². The molecule has 0 aliphatic carbocycles. The number of carbonyl (C=O) groups is 1. The molecule has 1 saturated heterocycles. The van der Waals surface area contributed by atoms with Crippen molar-refractivity contribution in [2.24, 2.45) is 0 Å². The van der Waals surface area contributed by atoms with Gasteiger partial charge in [0.2, 0.25) is 5.79 Å². The SMILES string of the molecule is O=C(CO)[C@@H](O)[C@@H](O)[C@@H](O)CO.OC[C@]1(O)OC[C@@H](O)[C@@H](O)[C@@H]1O. The number of carbonyl (C=O) groups excluding carboxylic acids is 1. The van der Waals surface area contributed by atoms with Gasteiger partial charge in [-0.25, -0.2) is 0 Å². The van der Waals surface area contributed by atoms with Gasteiger partial charge in [-0.2, -0.15) is 0 Å². The molecule has 1 aliphatic rings. The molecule has 0 aromatic carbocycles. The smallest absolute Gasteiger partial charge is 0.218 e. The van der Waals surface area contributed by atoms with E-state index in [1.54, 1.807) is 0 Å². The van der Waals surface area contributed by atoms with E-state index in [9.17, 15) is 9.90 Å².